The maximum atomic E-state index is 14.9. The minimum atomic E-state index is -0.627. The molecule has 2 unspecified atom stereocenters. The van der Waals surface area contributed by atoms with Crippen LogP contribution in [0.3, 0.4) is 0 Å². The van der Waals surface area contributed by atoms with Gasteiger partial charge in [-0.25, -0.2) is 80.6 Å². The number of benzene rings is 10. The number of hydrogen-bond acceptors (Lipinski definition) is 30. The first-order valence-electron chi connectivity index (χ1n) is 45.7. The second-order valence-corrected chi connectivity index (χ2v) is 34.9. The lowest BCUT2D eigenvalue weighted by molar-refractivity contribution is 0.0442. The van der Waals surface area contributed by atoms with E-state index in [4.69, 9.17) is 47.4 Å². The van der Waals surface area contributed by atoms with Crippen LogP contribution in [-0.4, -0.2) is 239 Å². The molecule has 22 rings (SSSR count). The number of aromatic nitrogens is 10. The van der Waals surface area contributed by atoms with Gasteiger partial charge in [-0.15, -0.1) is 0 Å². The van der Waals surface area contributed by atoms with E-state index in [0.29, 0.717) is 169 Å². The van der Waals surface area contributed by atoms with Crippen LogP contribution in [0.15, 0.2) is 171 Å². The molecule has 7 aliphatic heterocycles. The molecule has 0 radical (unpaired) electrons. The highest BCUT2D eigenvalue weighted by Crippen LogP contribution is 2.46. The number of aryl methyl sites for hydroxylation is 5. The predicted octanol–water partition coefficient (Wildman–Crippen LogP) is 18.2. The van der Waals surface area contributed by atoms with Gasteiger partial charge in [0.05, 0.1) is 55.9 Å². The summed E-state index contributed by atoms with van der Waals surface area (Å²) in [5, 5.41) is 17.8. The highest BCUT2D eigenvalue weighted by Gasteiger charge is 2.32. The van der Waals surface area contributed by atoms with Crippen LogP contribution in [-0.2, 0) is 0 Å². The van der Waals surface area contributed by atoms with Gasteiger partial charge in [0.15, 0.2) is 69.1 Å². The van der Waals surface area contributed by atoms with Crippen molar-refractivity contribution < 1.29 is 78.1 Å². The van der Waals surface area contributed by atoms with Crippen LogP contribution < -0.4 is 74.0 Å². The normalized spacial score (nSPS) is 16.5. The molecule has 0 amide bonds. The molecule has 37 heteroatoms. The topological polar surface area (TPSA) is 298 Å². The van der Waals surface area contributed by atoms with Crippen molar-refractivity contribution in [3.8, 4) is 57.5 Å². The van der Waals surface area contributed by atoms with Crippen LogP contribution in [0.5, 0.6) is 57.5 Å². The van der Waals surface area contributed by atoms with Gasteiger partial charge >= 0.3 is 0 Å². The van der Waals surface area contributed by atoms with E-state index < -0.39 is 17.5 Å². The monoisotopic (exact) mass is 1900 g/mol. The van der Waals surface area contributed by atoms with Gasteiger partial charge in [-0.05, 0) is 145 Å². The number of anilines is 10. The van der Waals surface area contributed by atoms with E-state index in [0.717, 1.165) is 101 Å². The fourth-order valence-electron chi connectivity index (χ4n) is 16.7. The van der Waals surface area contributed by atoms with Gasteiger partial charge in [-0.3, -0.25) is 4.90 Å². The summed E-state index contributed by atoms with van der Waals surface area (Å²) in [6.45, 7) is 22.6. The summed E-state index contributed by atoms with van der Waals surface area (Å²) in [4.78, 5) is 54.0. The number of hydrogen-bond donors (Lipinski definition) is 5. The number of likely N-dealkylation sites (N-methyl/N-ethyl adjacent to an activating group) is 2. The first-order valence-corrected chi connectivity index (χ1v) is 45.7. The summed E-state index contributed by atoms with van der Waals surface area (Å²) in [5.41, 5.74) is 6.87. The number of nitrogens with zero attached hydrogens (tertiary/aromatic N) is 15. The largest absolute Gasteiger partial charge is 0.486 e. The number of ether oxygens (including phenoxy) is 10. The Labute approximate surface area is 796 Å². The van der Waals surface area contributed by atoms with Crippen molar-refractivity contribution >= 4 is 112 Å². The zero-order valence-corrected chi connectivity index (χ0v) is 78.0. The van der Waals surface area contributed by atoms with Crippen LogP contribution in [0, 0.1) is 75.3 Å². The Morgan fingerprint density at radius 1 is 0.324 bits per heavy atom. The maximum Gasteiger partial charge on any atom is 0.199 e. The van der Waals surface area contributed by atoms with Gasteiger partial charge in [0.2, 0.25) is 0 Å². The first kappa shape index (κ1) is 94.6. The zero-order chi connectivity index (χ0) is 96.5. The average molecular weight is 1900 g/mol. The highest BCUT2D eigenvalue weighted by atomic mass is 19.2. The van der Waals surface area contributed by atoms with Gasteiger partial charge in [-0.2, -0.15) is 0 Å². The average Bonchev–Trinajstić information content (AvgIpc) is 0.777. The van der Waals surface area contributed by atoms with Gasteiger partial charge in [0, 0.05) is 131 Å². The molecule has 2 fully saturated rings. The van der Waals surface area contributed by atoms with Crippen LogP contribution in [0.2, 0.25) is 0 Å². The van der Waals surface area contributed by atoms with Gasteiger partial charge < -0.3 is 93.6 Å². The molecule has 0 saturated carbocycles. The Kier molecular flexibility index (Phi) is 28.9. The lowest BCUT2D eigenvalue weighted by Crippen LogP contribution is -2.49. The molecule has 139 heavy (non-hydrogen) atoms. The van der Waals surface area contributed by atoms with Crippen molar-refractivity contribution in [2.24, 2.45) is 0 Å². The smallest absolute Gasteiger partial charge is 0.199 e. The second kappa shape index (κ2) is 42.4. The molecule has 0 spiro atoms. The Morgan fingerprint density at radius 2 is 0.655 bits per heavy atom. The van der Waals surface area contributed by atoms with Crippen LogP contribution in [0.1, 0.15) is 40.7 Å². The van der Waals surface area contributed by atoms with E-state index in [2.05, 4.69) is 115 Å². The van der Waals surface area contributed by atoms with Crippen molar-refractivity contribution in [1.29, 1.82) is 0 Å². The molecule has 720 valence electrons. The highest BCUT2D eigenvalue weighted by molar-refractivity contribution is 5.98. The van der Waals surface area contributed by atoms with Crippen molar-refractivity contribution in [2.45, 2.75) is 65.8 Å². The zero-order valence-electron chi connectivity index (χ0n) is 78.0. The third-order valence-corrected chi connectivity index (χ3v) is 24.6. The standard InChI is InChI=1S/C24H28FN5O2.C23H26FN5O2.C21H23FN4O2.2C17H13F2N3O2/c1-16-4-3-5-19(23(16)25)28-24-18-12-22-21(13-20(18)26-15-27-24)31-14-17(32-22)6-7-30-10-8-29(2)9-11-30;1-15-4-3-5-18(22(15)24)27-23-17-10-21-20(11-19(17)25-14-26-23)30-13-16(31-21)12-29-8-6-28(2)7-9-29;1-13-5-4-6-16(20(13)22)25-21-15-9-19-18(10-17(15)23-12-24-21)27-11-14(28-19)7-8-26(2)3;1-9-3-2-4-11(13(9)18)22-17-10-7-12-16(24-6-5-23-12)14(19)15(10)20-8-21-17;1-9-3-2-4-10(14(9)18)22-17-13-11(20-8-21-17)7-12-16(15(13)19)24-6-5-23-12/h3-5,12-13,15,17H,6-11,14H2,1-2H3,(H,26,27,28);3-5,10-11,14,16H,6-9,12-13H2,1-2H3,(H,25,26,27);4-6,9-10,12,14H,7-8,11H2,1-3H3,(H,23,24,25);2*2-4,7-8H,5-6H2,1H3,(H,20,21,22)/t;16-;;;/m.1.../s1. The van der Waals surface area contributed by atoms with Crippen LogP contribution in [0.25, 0.3) is 54.5 Å². The minimum Gasteiger partial charge on any atom is -0.486 e. The third-order valence-electron chi connectivity index (χ3n) is 24.6. The summed E-state index contributed by atoms with van der Waals surface area (Å²) in [5.74, 6) is 3.80. The Balaban J connectivity index is 0.000000116. The van der Waals surface area contributed by atoms with E-state index in [1.165, 1.54) is 31.6 Å². The van der Waals surface area contributed by atoms with Crippen molar-refractivity contribution in [2.75, 3.05) is 173 Å². The molecule has 5 aromatic heterocycles. The van der Waals surface area contributed by atoms with Crippen LogP contribution in [0.4, 0.5) is 88.3 Å². The number of nitrogens with one attached hydrogen (secondary N) is 5. The summed E-state index contributed by atoms with van der Waals surface area (Å²) >= 11 is 0. The van der Waals surface area contributed by atoms with Gasteiger partial charge in [-0.1, -0.05) is 60.7 Å². The molecule has 30 nitrogen and oxygen atoms in total. The summed E-state index contributed by atoms with van der Waals surface area (Å²) < 4.78 is 159. The number of halogens is 7. The predicted molar refractivity (Wildman–Crippen MR) is 517 cm³/mol. The molecular weight excluding hydrogens is 1800 g/mol. The molecule has 0 bridgehead atoms. The molecule has 15 aromatic rings. The van der Waals surface area contributed by atoms with Gasteiger partial charge in [0.25, 0.3) is 0 Å². The number of fused-ring (bicyclic) bond motifs is 10. The quantitative estimate of drug-likeness (QED) is 0.0499. The van der Waals surface area contributed by atoms with E-state index in [1.807, 2.05) is 62.6 Å². The maximum absolute atomic E-state index is 14.9. The molecule has 7 aliphatic rings. The molecule has 0 aliphatic carbocycles. The minimum absolute atomic E-state index is 0.00476. The van der Waals surface area contributed by atoms with Crippen molar-refractivity contribution in [1.82, 2.24) is 74.3 Å². The van der Waals surface area contributed by atoms with E-state index in [1.54, 1.807) is 126 Å². The molecular formula is C102H103F7N20O10. The molecule has 12 heterocycles. The first-order chi connectivity index (χ1) is 67.4. The summed E-state index contributed by atoms with van der Waals surface area (Å²) in [6, 6.07) is 40.0. The summed E-state index contributed by atoms with van der Waals surface area (Å²) in [6.07, 6.45) is 8.61. The van der Waals surface area contributed by atoms with E-state index in [-0.39, 0.29) is 100 Å². The fraction of sp³-hybridized carbons (Fsp3) is 0.314. The van der Waals surface area contributed by atoms with Gasteiger partial charge in [0.1, 0.15) is 160 Å². The van der Waals surface area contributed by atoms with Crippen molar-refractivity contribution in [3.63, 3.8) is 0 Å². The van der Waals surface area contributed by atoms with E-state index in [9.17, 15) is 30.7 Å². The lowest BCUT2D eigenvalue weighted by Gasteiger charge is -2.36. The molecule has 5 N–H and O–H groups in total. The Hall–Kier alpha value is -14.8. The number of piperazine rings is 2. The Bertz CT molecular complexity index is 7030. The van der Waals surface area contributed by atoms with Crippen molar-refractivity contribution in [3.05, 3.63) is 240 Å². The molecule has 10 aromatic carbocycles. The number of rotatable bonds is 18. The van der Waals surface area contributed by atoms with E-state index >= 15 is 0 Å². The third kappa shape index (κ3) is 21.8. The molecule has 3 atom stereocenters. The molecule has 2 saturated heterocycles. The second-order valence-electron chi connectivity index (χ2n) is 34.9. The van der Waals surface area contributed by atoms with Crippen LogP contribution >= 0.6 is 0 Å². The lowest BCUT2D eigenvalue weighted by atomic mass is 10.1. The Morgan fingerprint density at radius 3 is 1.08 bits per heavy atom. The SMILES string of the molecule is Cc1cccc(Nc2ncnc3c(F)c4c(cc23)OCCO4)c1F.Cc1cccc(Nc2ncnc3cc4c(c(F)c23)OCCO4)c1F.Cc1cccc(Nc2ncnc3cc4c(cc23)OC(CCN(C)C)CO4)c1F.Cc1cccc(Nc2ncnc3cc4c(cc23)OC(CCN2CCN(C)CC2)CO4)c1F.Cc1cccc(Nc2ncnc3cc4c(cc23)O[C@H](CN2CCN(C)CC2)CO4)c1F. The fourth-order valence-corrected chi connectivity index (χ4v) is 16.7. The summed E-state index contributed by atoms with van der Waals surface area (Å²) in [7, 11) is 8.38.